The average molecular weight is 411 g/mol. The van der Waals surface area contributed by atoms with Gasteiger partial charge in [-0.3, -0.25) is 14.4 Å². The zero-order valence-electron chi connectivity index (χ0n) is 15.9. The highest BCUT2D eigenvalue weighted by Crippen LogP contribution is 2.04. The van der Waals surface area contributed by atoms with E-state index in [1.54, 1.807) is 0 Å². The number of amides is 3. The predicted octanol–water partition coefficient (Wildman–Crippen LogP) is 0.440. The molecule has 0 aliphatic heterocycles. The molecular formula is C18H25N3O6S. The molecule has 3 amide bonds. The molecule has 3 N–H and O–H groups in total. The Kier molecular flexibility index (Phi) is 11.2. The van der Waals surface area contributed by atoms with E-state index in [1.165, 1.54) is 18.9 Å². The first-order chi connectivity index (χ1) is 13.5. The van der Waals surface area contributed by atoms with Crippen molar-refractivity contribution in [1.29, 1.82) is 0 Å². The van der Waals surface area contributed by atoms with Crippen LogP contribution >= 0.6 is 11.8 Å². The molecule has 0 bridgehead atoms. The largest absolute Gasteiger partial charge is 0.468 e. The Balaban J connectivity index is 2.46. The number of esters is 1. The SMILES string of the molecule is COC(=O)CNC(=O)CNC(=O)[C@H](CCSC)NC(=O)OCc1ccccc1. The fraction of sp³-hybridized carbons (Fsp3) is 0.444. The summed E-state index contributed by atoms with van der Waals surface area (Å²) in [5.41, 5.74) is 0.824. The number of ether oxygens (including phenoxy) is 2. The van der Waals surface area contributed by atoms with E-state index in [0.29, 0.717) is 12.2 Å². The number of benzene rings is 1. The quantitative estimate of drug-likeness (QED) is 0.452. The Bertz CT molecular complexity index is 656. The highest BCUT2D eigenvalue weighted by Gasteiger charge is 2.21. The molecule has 1 aromatic rings. The summed E-state index contributed by atoms with van der Waals surface area (Å²) in [5, 5.41) is 7.25. The first-order valence-corrected chi connectivity index (χ1v) is 9.93. The smallest absolute Gasteiger partial charge is 0.408 e. The van der Waals surface area contributed by atoms with E-state index in [9.17, 15) is 19.2 Å². The topological polar surface area (TPSA) is 123 Å². The fourth-order valence-corrected chi connectivity index (χ4v) is 2.48. The summed E-state index contributed by atoms with van der Waals surface area (Å²) in [4.78, 5) is 46.9. The van der Waals surface area contributed by atoms with E-state index in [1.807, 2.05) is 36.6 Å². The molecule has 154 valence electrons. The number of rotatable bonds is 11. The number of nitrogens with one attached hydrogen (secondary N) is 3. The first-order valence-electron chi connectivity index (χ1n) is 8.53. The van der Waals surface area contributed by atoms with E-state index >= 15 is 0 Å². The second-order valence-corrected chi connectivity index (χ2v) is 6.60. The van der Waals surface area contributed by atoms with E-state index in [0.717, 1.165) is 5.56 Å². The lowest BCUT2D eigenvalue weighted by Gasteiger charge is -2.18. The minimum atomic E-state index is -0.843. The number of thioether (sulfide) groups is 1. The van der Waals surface area contributed by atoms with Crippen LogP contribution in [0.3, 0.4) is 0 Å². The van der Waals surface area contributed by atoms with Crippen molar-refractivity contribution in [2.45, 2.75) is 19.1 Å². The van der Waals surface area contributed by atoms with Crippen molar-refractivity contribution >= 4 is 35.6 Å². The van der Waals surface area contributed by atoms with Crippen LogP contribution in [0.5, 0.6) is 0 Å². The van der Waals surface area contributed by atoms with Gasteiger partial charge < -0.3 is 25.4 Å². The Labute approximate surface area is 167 Å². The monoisotopic (exact) mass is 411 g/mol. The molecule has 10 heteroatoms. The maximum Gasteiger partial charge on any atom is 0.408 e. The summed E-state index contributed by atoms with van der Waals surface area (Å²) < 4.78 is 9.53. The lowest BCUT2D eigenvalue weighted by molar-refractivity contribution is -0.141. The highest BCUT2D eigenvalue weighted by molar-refractivity contribution is 7.98. The van der Waals surface area contributed by atoms with Crippen molar-refractivity contribution in [3.05, 3.63) is 35.9 Å². The van der Waals surface area contributed by atoms with Crippen LogP contribution in [0.25, 0.3) is 0 Å². The predicted molar refractivity (Wildman–Crippen MR) is 105 cm³/mol. The van der Waals surface area contributed by atoms with Gasteiger partial charge in [-0.2, -0.15) is 11.8 Å². The van der Waals surface area contributed by atoms with Gasteiger partial charge in [0.15, 0.2) is 0 Å². The van der Waals surface area contributed by atoms with Crippen LogP contribution in [0.1, 0.15) is 12.0 Å². The molecular weight excluding hydrogens is 386 g/mol. The summed E-state index contributed by atoms with van der Waals surface area (Å²) >= 11 is 1.52. The van der Waals surface area contributed by atoms with Crippen molar-refractivity contribution in [2.24, 2.45) is 0 Å². The lowest BCUT2D eigenvalue weighted by atomic mass is 10.2. The molecule has 9 nitrogen and oxygen atoms in total. The number of carbonyl (C=O) groups is 4. The van der Waals surface area contributed by atoms with Gasteiger partial charge in [0.25, 0.3) is 0 Å². The Hall–Kier alpha value is -2.75. The third-order valence-corrected chi connectivity index (χ3v) is 4.16. The van der Waals surface area contributed by atoms with Crippen LogP contribution < -0.4 is 16.0 Å². The van der Waals surface area contributed by atoms with Gasteiger partial charge in [0.2, 0.25) is 11.8 Å². The molecule has 0 aromatic heterocycles. The van der Waals surface area contributed by atoms with Crippen LogP contribution in [0.15, 0.2) is 30.3 Å². The van der Waals surface area contributed by atoms with Gasteiger partial charge in [-0.25, -0.2) is 4.79 Å². The number of methoxy groups -OCH3 is 1. The summed E-state index contributed by atoms with van der Waals surface area (Å²) in [7, 11) is 1.20. The molecule has 1 aromatic carbocycles. The molecule has 0 saturated carbocycles. The maximum atomic E-state index is 12.3. The van der Waals surface area contributed by atoms with Gasteiger partial charge in [-0.1, -0.05) is 30.3 Å². The Morgan fingerprint density at radius 2 is 1.79 bits per heavy atom. The summed E-state index contributed by atoms with van der Waals surface area (Å²) in [6.07, 6.45) is 1.53. The molecule has 0 heterocycles. The zero-order valence-corrected chi connectivity index (χ0v) is 16.7. The second kappa shape index (κ2) is 13.4. The normalized spacial score (nSPS) is 11.1. The minimum Gasteiger partial charge on any atom is -0.468 e. The fourth-order valence-electron chi connectivity index (χ4n) is 2.01. The molecule has 1 atom stereocenters. The van der Waals surface area contributed by atoms with Crippen LogP contribution in [0.4, 0.5) is 4.79 Å². The van der Waals surface area contributed by atoms with E-state index in [-0.39, 0.29) is 19.7 Å². The zero-order chi connectivity index (χ0) is 20.8. The van der Waals surface area contributed by atoms with Gasteiger partial charge in [-0.15, -0.1) is 0 Å². The molecule has 0 saturated heterocycles. The lowest BCUT2D eigenvalue weighted by Crippen LogP contribution is -2.49. The van der Waals surface area contributed by atoms with E-state index < -0.39 is 29.9 Å². The van der Waals surface area contributed by atoms with Crippen LogP contribution in [-0.2, 0) is 30.5 Å². The van der Waals surface area contributed by atoms with Gasteiger partial charge in [0.1, 0.15) is 19.2 Å². The third kappa shape index (κ3) is 9.81. The first kappa shape index (κ1) is 23.3. The van der Waals surface area contributed by atoms with Crippen molar-refractivity contribution in [1.82, 2.24) is 16.0 Å². The number of hydrogen-bond acceptors (Lipinski definition) is 7. The molecule has 0 aliphatic rings. The summed E-state index contributed by atoms with van der Waals surface area (Å²) in [6.45, 7) is -0.531. The molecule has 28 heavy (non-hydrogen) atoms. The number of hydrogen-bond donors (Lipinski definition) is 3. The maximum absolute atomic E-state index is 12.3. The van der Waals surface area contributed by atoms with Gasteiger partial charge in [-0.05, 0) is 24.0 Å². The van der Waals surface area contributed by atoms with E-state index in [2.05, 4.69) is 20.7 Å². The van der Waals surface area contributed by atoms with E-state index in [4.69, 9.17) is 4.74 Å². The van der Waals surface area contributed by atoms with Crippen LogP contribution in [0.2, 0.25) is 0 Å². The number of alkyl carbamates (subject to hydrolysis) is 1. The molecule has 0 radical (unpaired) electrons. The molecule has 1 rings (SSSR count). The van der Waals surface area contributed by atoms with Gasteiger partial charge >= 0.3 is 12.1 Å². The molecule has 0 spiro atoms. The summed E-state index contributed by atoms with van der Waals surface area (Å²) in [6, 6.07) is 8.31. The van der Waals surface area contributed by atoms with Crippen LogP contribution in [-0.4, -0.2) is 62.1 Å². The van der Waals surface area contributed by atoms with Gasteiger partial charge in [0.05, 0.1) is 13.7 Å². The average Bonchev–Trinajstić information content (AvgIpc) is 2.72. The minimum absolute atomic E-state index is 0.0828. The second-order valence-electron chi connectivity index (χ2n) is 5.61. The molecule has 0 unspecified atom stereocenters. The van der Waals surface area contributed by atoms with Crippen LogP contribution in [0, 0.1) is 0 Å². The van der Waals surface area contributed by atoms with Crippen molar-refractivity contribution in [2.75, 3.05) is 32.2 Å². The highest BCUT2D eigenvalue weighted by atomic mass is 32.2. The molecule has 0 fully saturated rings. The Morgan fingerprint density at radius 1 is 1.07 bits per heavy atom. The molecule has 0 aliphatic carbocycles. The standard InChI is InChI=1S/C18H25N3O6S/c1-26-16(23)11-19-15(22)10-20-17(24)14(8-9-28-2)21-18(25)27-12-13-6-4-3-5-7-13/h3-7,14H,8-12H2,1-2H3,(H,19,22)(H,20,24)(H,21,25)/t14-/m0/s1. The van der Waals surface area contributed by atoms with Crippen molar-refractivity contribution in [3.8, 4) is 0 Å². The van der Waals surface area contributed by atoms with Crippen molar-refractivity contribution < 1.29 is 28.7 Å². The third-order valence-electron chi connectivity index (χ3n) is 3.51. The summed E-state index contributed by atoms with van der Waals surface area (Å²) in [5.74, 6) is -1.03. The Morgan fingerprint density at radius 3 is 2.43 bits per heavy atom. The van der Waals surface area contributed by atoms with Gasteiger partial charge in [0, 0.05) is 0 Å². The number of carbonyl (C=O) groups excluding carboxylic acids is 4. The van der Waals surface area contributed by atoms with Crippen molar-refractivity contribution in [3.63, 3.8) is 0 Å².